The number of rotatable bonds is 2. The Morgan fingerprint density at radius 1 is 1.21 bits per heavy atom. The van der Waals surface area contributed by atoms with E-state index in [-0.39, 0.29) is 16.7 Å². The van der Waals surface area contributed by atoms with Gasteiger partial charge >= 0.3 is 5.51 Å². The van der Waals surface area contributed by atoms with Crippen molar-refractivity contribution < 1.29 is 13.2 Å². The smallest absolute Gasteiger partial charge is 0.378 e. The second-order valence-corrected chi connectivity index (χ2v) is 4.08. The molecule has 0 aliphatic heterocycles. The fraction of sp³-hybridized carbons (Fsp3) is 0.333. The molecule has 1 nitrogen and oxygen atoms in total. The minimum absolute atomic E-state index is 0.0944. The van der Waals surface area contributed by atoms with Gasteiger partial charge < -0.3 is 4.90 Å². The summed E-state index contributed by atoms with van der Waals surface area (Å²) < 4.78 is 36.1. The Morgan fingerprint density at radius 3 is 2.36 bits per heavy atom. The highest BCUT2D eigenvalue weighted by Gasteiger charge is 2.29. The van der Waals surface area contributed by atoms with Crippen LogP contribution in [0.25, 0.3) is 0 Å². The van der Waals surface area contributed by atoms with Crippen molar-refractivity contribution in [1.82, 2.24) is 0 Å². The third kappa shape index (κ3) is 3.49. The summed E-state index contributed by atoms with van der Waals surface area (Å²) in [6.45, 7) is 0. The van der Waals surface area contributed by atoms with Crippen LogP contribution in [0.1, 0.15) is 0 Å². The zero-order valence-corrected chi connectivity index (χ0v) is 8.62. The van der Waals surface area contributed by atoms with Crippen LogP contribution in [0.15, 0.2) is 29.2 Å². The molecule has 1 rings (SSSR count). The maximum absolute atomic E-state index is 12.0. The zero-order valence-electron chi connectivity index (χ0n) is 7.80. The molecule has 1 aromatic carbocycles. The first kappa shape index (κ1) is 11.2. The average molecular weight is 221 g/mol. The largest absolute Gasteiger partial charge is 0.446 e. The van der Waals surface area contributed by atoms with E-state index in [2.05, 4.69) is 0 Å². The molecule has 0 spiro atoms. The third-order valence-electron chi connectivity index (χ3n) is 1.57. The van der Waals surface area contributed by atoms with E-state index in [1.807, 2.05) is 0 Å². The lowest BCUT2D eigenvalue weighted by Gasteiger charge is -2.13. The monoisotopic (exact) mass is 221 g/mol. The van der Waals surface area contributed by atoms with Crippen molar-refractivity contribution in [1.29, 1.82) is 0 Å². The number of benzene rings is 1. The summed E-state index contributed by atoms with van der Waals surface area (Å²) >= 11 is -0.0944. The van der Waals surface area contributed by atoms with Gasteiger partial charge in [-0.05, 0) is 30.0 Å². The van der Waals surface area contributed by atoms with E-state index < -0.39 is 5.51 Å². The van der Waals surface area contributed by atoms with Gasteiger partial charge in [0.1, 0.15) is 0 Å². The molecule has 0 bridgehead atoms. The Bertz CT molecular complexity index is 309. The topological polar surface area (TPSA) is 3.24 Å². The van der Waals surface area contributed by atoms with E-state index in [0.717, 1.165) is 5.69 Å². The SMILES string of the molecule is CN(C)c1cccc(SC(F)(F)F)c1. The summed E-state index contributed by atoms with van der Waals surface area (Å²) in [7, 11) is 3.58. The molecule has 0 unspecified atom stereocenters. The number of alkyl halides is 3. The highest BCUT2D eigenvalue weighted by Crippen LogP contribution is 2.37. The first-order valence-corrected chi connectivity index (χ1v) is 4.73. The van der Waals surface area contributed by atoms with E-state index in [9.17, 15) is 13.2 Å². The Kier molecular flexibility index (Phi) is 3.31. The van der Waals surface area contributed by atoms with Gasteiger partial charge in [-0.2, -0.15) is 13.2 Å². The van der Waals surface area contributed by atoms with Gasteiger partial charge in [0.25, 0.3) is 0 Å². The van der Waals surface area contributed by atoms with Crippen LogP contribution < -0.4 is 4.90 Å². The summed E-state index contributed by atoms with van der Waals surface area (Å²) in [5.74, 6) is 0. The molecule has 0 amide bonds. The van der Waals surface area contributed by atoms with Gasteiger partial charge in [-0.25, -0.2) is 0 Å². The van der Waals surface area contributed by atoms with Crippen LogP contribution in [0, 0.1) is 0 Å². The van der Waals surface area contributed by atoms with Crippen LogP contribution in [-0.2, 0) is 0 Å². The molecule has 0 saturated carbocycles. The molecule has 0 aliphatic rings. The molecule has 1 aromatic rings. The van der Waals surface area contributed by atoms with Crippen molar-refractivity contribution in [3.05, 3.63) is 24.3 Å². The molecule has 0 aromatic heterocycles. The second-order valence-electron chi connectivity index (χ2n) is 2.94. The average Bonchev–Trinajstić information content (AvgIpc) is 2.01. The normalized spacial score (nSPS) is 11.5. The predicted octanol–water partition coefficient (Wildman–Crippen LogP) is 3.36. The quantitative estimate of drug-likeness (QED) is 0.704. The second kappa shape index (κ2) is 4.13. The van der Waals surface area contributed by atoms with E-state index in [4.69, 9.17) is 0 Å². The number of thioether (sulfide) groups is 1. The van der Waals surface area contributed by atoms with Gasteiger partial charge in [0.15, 0.2) is 0 Å². The van der Waals surface area contributed by atoms with E-state index in [1.165, 1.54) is 12.1 Å². The Balaban J connectivity index is 2.84. The molecule has 0 atom stereocenters. The maximum Gasteiger partial charge on any atom is 0.446 e. The highest BCUT2D eigenvalue weighted by molar-refractivity contribution is 8.00. The Morgan fingerprint density at radius 2 is 1.86 bits per heavy atom. The van der Waals surface area contributed by atoms with Crippen LogP contribution in [0.3, 0.4) is 0 Å². The van der Waals surface area contributed by atoms with E-state index in [0.29, 0.717) is 0 Å². The lowest BCUT2D eigenvalue weighted by molar-refractivity contribution is -0.0328. The summed E-state index contributed by atoms with van der Waals surface area (Å²) in [6, 6.07) is 6.34. The lowest BCUT2D eigenvalue weighted by atomic mass is 10.3. The van der Waals surface area contributed by atoms with Crippen LogP contribution >= 0.6 is 11.8 Å². The Labute approximate surface area is 84.9 Å². The highest BCUT2D eigenvalue weighted by atomic mass is 32.2. The molecule has 0 aliphatic carbocycles. The first-order valence-electron chi connectivity index (χ1n) is 3.91. The number of nitrogens with zero attached hydrogens (tertiary/aromatic N) is 1. The number of hydrogen-bond acceptors (Lipinski definition) is 2. The van der Waals surface area contributed by atoms with Crippen molar-refractivity contribution in [2.75, 3.05) is 19.0 Å². The number of hydrogen-bond donors (Lipinski definition) is 0. The van der Waals surface area contributed by atoms with Gasteiger partial charge in [-0.1, -0.05) is 6.07 Å². The molecule has 14 heavy (non-hydrogen) atoms. The van der Waals surface area contributed by atoms with Gasteiger partial charge in [-0.3, -0.25) is 0 Å². The van der Waals surface area contributed by atoms with Gasteiger partial charge in [0.05, 0.1) is 0 Å². The van der Waals surface area contributed by atoms with Crippen LogP contribution in [0.2, 0.25) is 0 Å². The molecular weight excluding hydrogens is 211 g/mol. The van der Waals surface area contributed by atoms with Crippen molar-refractivity contribution in [3.8, 4) is 0 Å². The number of anilines is 1. The van der Waals surface area contributed by atoms with E-state index >= 15 is 0 Å². The standard InChI is InChI=1S/C9H10F3NS/c1-13(2)7-4-3-5-8(6-7)14-9(10,11)12/h3-6H,1-2H3. The minimum Gasteiger partial charge on any atom is -0.378 e. The van der Waals surface area contributed by atoms with Crippen molar-refractivity contribution in [3.63, 3.8) is 0 Å². The first-order chi connectivity index (χ1) is 6.38. The minimum atomic E-state index is -4.22. The van der Waals surface area contributed by atoms with Crippen LogP contribution in [0.5, 0.6) is 0 Å². The lowest BCUT2D eigenvalue weighted by Crippen LogP contribution is -2.08. The molecule has 0 radical (unpaired) electrons. The number of halogens is 3. The van der Waals surface area contributed by atoms with Crippen LogP contribution in [-0.4, -0.2) is 19.6 Å². The van der Waals surface area contributed by atoms with Crippen molar-refractivity contribution in [2.24, 2.45) is 0 Å². The predicted molar refractivity (Wildman–Crippen MR) is 52.7 cm³/mol. The molecule has 0 heterocycles. The van der Waals surface area contributed by atoms with Crippen molar-refractivity contribution >= 4 is 17.4 Å². The van der Waals surface area contributed by atoms with Gasteiger partial charge in [0, 0.05) is 24.7 Å². The third-order valence-corrected chi connectivity index (χ3v) is 2.29. The molecule has 5 heteroatoms. The molecular formula is C9H10F3NS. The van der Waals surface area contributed by atoms with Crippen molar-refractivity contribution in [2.45, 2.75) is 10.4 Å². The fourth-order valence-corrected chi connectivity index (χ4v) is 1.55. The summed E-state index contributed by atoms with van der Waals surface area (Å²) in [6.07, 6.45) is 0. The summed E-state index contributed by atoms with van der Waals surface area (Å²) in [5, 5.41) is 0. The fourth-order valence-electron chi connectivity index (χ4n) is 0.959. The molecule has 0 saturated heterocycles. The summed E-state index contributed by atoms with van der Waals surface area (Å²) in [4.78, 5) is 1.98. The maximum atomic E-state index is 12.0. The zero-order chi connectivity index (χ0) is 10.8. The van der Waals surface area contributed by atoms with Crippen LogP contribution in [0.4, 0.5) is 18.9 Å². The Hall–Kier alpha value is -0.840. The molecule has 78 valence electrons. The van der Waals surface area contributed by atoms with Gasteiger partial charge in [0.2, 0.25) is 0 Å². The molecule has 0 N–H and O–H groups in total. The van der Waals surface area contributed by atoms with Gasteiger partial charge in [-0.15, -0.1) is 0 Å². The summed E-state index contributed by atoms with van der Waals surface area (Å²) in [5.41, 5.74) is -3.45. The molecule has 0 fully saturated rings. The van der Waals surface area contributed by atoms with E-state index in [1.54, 1.807) is 31.1 Å².